The maximum absolute atomic E-state index is 15.7. The van der Waals surface area contributed by atoms with Gasteiger partial charge in [0, 0.05) is 113 Å². The molecule has 0 bridgehead atoms. The Morgan fingerprint density at radius 1 is 0.573 bits per heavy atom. The van der Waals surface area contributed by atoms with Crippen LogP contribution in [0.1, 0.15) is 93.9 Å². The van der Waals surface area contributed by atoms with E-state index in [0.29, 0.717) is 44.0 Å². The molecule has 0 saturated carbocycles. The van der Waals surface area contributed by atoms with E-state index < -0.39 is 77.8 Å². The number of hydrogen-bond acceptors (Lipinski definition) is 16. The van der Waals surface area contributed by atoms with Crippen LogP contribution in [0.5, 0.6) is 0 Å². The third-order valence-corrected chi connectivity index (χ3v) is 17.6. The fourth-order valence-electron chi connectivity index (χ4n) is 11.7. The molecule has 13 rings (SSSR count). The third kappa shape index (κ3) is 15.8. The predicted octanol–water partition coefficient (Wildman–Crippen LogP) is 11.3. The summed E-state index contributed by atoms with van der Waals surface area (Å²) in [6, 6.07) is 32.5. The molecule has 7 heterocycles. The van der Waals surface area contributed by atoms with Crippen molar-refractivity contribution in [3.05, 3.63) is 185 Å². The number of rotatable bonds is 14. The summed E-state index contributed by atoms with van der Waals surface area (Å²) in [5.74, 6) is -3.59. The molecule has 4 aromatic heterocycles. The van der Waals surface area contributed by atoms with Crippen molar-refractivity contribution in [3.63, 3.8) is 0 Å². The van der Waals surface area contributed by atoms with Crippen LogP contribution >= 0.6 is 29.4 Å². The van der Waals surface area contributed by atoms with Crippen molar-refractivity contribution >= 4 is 143 Å². The molecule has 3 saturated heterocycles. The summed E-state index contributed by atoms with van der Waals surface area (Å²) in [6.07, 6.45) is 2.80. The largest absolute Gasteiger partial charge is 0.497 e. The van der Waals surface area contributed by atoms with Gasteiger partial charge in [-0.05, 0) is 86.8 Å². The van der Waals surface area contributed by atoms with E-state index in [4.69, 9.17) is 9.31 Å². The summed E-state index contributed by atoms with van der Waals surface area (Å²) in [7, 11) is -0.941. The maximum Gasteiger partial charge on any atom is 0.497 e. The van der Waals surface area contributed by atoms with Gasteiger partial charge in [0.05, 0.1) is 69.5 Å². The number of carbonyl (C=O) groups excluding carboxylic acids is 6. The van der Waals surface area contributed by atoms with Crippen molar-refractivity contribution in [2.24, 2.45) is 0 Å². The van der Waals surface area contributed by atoms with Gasteiger partial charge >= 0.3 is 7.12 Å². The molecule has 27 heteroatoms. The number of fused-ring (bicyclic) bond motifs is 4. The first kappa shape index (κ1) is 73.3. The first-order valence-corrected chi connectivity index (χ1v) is 32.1. The second-order valence-corrected chi connectivity index (χ2v) is 24.8. The van der Waals surface area contributed by atoms with Gasteiger partial charge in [0.25, 0.3) is 0 Å². The summed E-state index contributed by atoms with van der Waals surface area (Å²) in [6.45, 7) is 9.23. The average molecular weight is 1430 g/mol. The predicted molar refractivity (Wildman–Crippen MR) is 373 cm³/mol. The zero-order valence-corrected chi connectivity index (χ0v) is 56.6. The quantitative estimate of drug-likeness (QED) is 0.0562. The highest BCUT2D eigenvalue weighted by Crippen LogP contribution is 2.37. The first-order chi connectivity index (χ1) is 44.9. The van der Waals surface area contributed by atoms with Crippen LogP contribution in [0, 0.1) is 11.6 Å². The number of ketones is 4. The van der Waals surface area contributed by atoms with Crippen LogP contribution in [0.4, 0.5) is 17.6 Å². The lowest BCUT2D eigenvalue weighted by Gasteiger charge is -2.32. The number of benzene rings is 6. The molecule has 0 aliphatic carbocycles. The second kappa shape index (κ2) is 31.2. The van der Waals surface area contributed by atoms with Gasteiger partial charge < -0.3 is 19.1 Å². The highest BCUT2D eigenvalue weighted by molar-refractivity contribution is 9.10. The molecule has 0 unspecified atom stereocenters. The molecule has 6 aromatic carbocycles. The fourth-order valence-corrected chi connectivity index (χ4v) is 12.0. The van der Waals surface area contributed by atoms with Gasteiger partial charge in [0.1, 0.15) is 48.5 Å². The van der Waals surface area contributed by atoms with Crippen molar-refractivity contribution in [1.82, 2.24) is 49.3 Å². The number of carbonyl (C=O) groups is 6. The normalized spacial score (nSPS) is 17.5. The van der Waals surface area contributed by atoms with Gasteiger partial charge in [-0.3, -0.25) is 58.1 Å². The number of alkyl halides is 2. The minimum Gasteiger partial charge on any atom is -0.399 e. The van der Waals surface area contributed by atoms with E-state index in [1.165, 1.54) is 45.1 Å². The Morgan fingerprint density at radius 3 is 1.48 bits per heavy atom. The van der Waals surface area contributed by atoms with Gasteiger partial charge in [0.15, 0.2) is 23.1 Å². The molecule has 18 nitrogen and oxygen atoms in total. The molecule has 4 atom stereocenters. The maximum atomic E-state index is 15.7. The Morgan fingerprint density at radius 2 is 1.00 bits per heavy atom. The molecule has 0 spiro atoms. The number of nitrogens with zero attached hydrogens (tertiary/aromatic N) is 10. The van der Waals surface area contributed by atoms with Crippen LogP contribution in [-0.2, 0) is 76.8 Å². The van der Waals surface area contributed by atoms with Gasteiger partial charge in [-0.25, -0.2) is 17.6 Å². The van der Waals surface area contributed by atoms with E-state index in [1.807, 2.05) is 45.9 Å². The van der Waals surface area contributed by atoms with E-state index in [9.17, 15) is 37.5 Å². The molecular formula is C69H68BBrF4N10O8S3. The van der Waals surface area contributed by atoms with Crippen LogP contribution < -0.4 is 5.46 Å². The van der Waals surface area contributed by atoms with Crippen molar-refractivity contribution in [3.8, 4) is 11.1 Å². The number of para-hydroxylation sites is 2. The smallest absolute Gasteiger partial charge is 0.399 e. The van der Waals surface area contributed by atoms with Crippen molar-refractivity contribution in [2.45, 2.75) is 123 Å². The lowest BCUT2D eigenvalue weighted by Crippen LogP contribution is -2.43. The lowest BCUT2D eigenvalue weighted by atomic mass is 9.77. The second-order valence-electron chi connectivity index (χ2n) is 23.9. The highest BCUT2D eigenvalue weighted by atomic mass is 79.9. The number of aromatic nitrogens is 8. The topological polar surface area (TPSA) is 215 Å². The van der Waals surface area contributed by atoms with Crippen LogP contribution in [0.25, 0.3) is 55.0 Å². The van der Waals surface area contributed by atoms with Crippen LogP contribution in [-0.4, -0.2) is 140 Å². The van der Waals surface area contributed by atoms with E-state index in [-0.39, 0.29) is 112 Å². The number of amides is 2. The summed E-state index contributed by atoms with van der Waals surface area (Å²) >= 11 is 10.7. The van der Waals surface area contributed by atoms with E-state index in [1.54, 1.807) is 116 Å². The van der Waals surface area contributed by atoms with Crippen LogP contribution in [0.15, 0.2) is 151 Å². The monoisotopic (exact) mass is 1430 g/mol. The number of likely N-dealkylation sites (tertiary alicyclic amines) is 2. The van der Waals surface area contributed by atoms with Crippen molar-refractivity contribution in [2.75, 3.05) is 13.1 Å². The molecule has 10 aromatic rings. The molecule has 3 fully saturated rings. The summed E-state index contributed by atoms with van der Waals surface area (Å²) < 4.78 is 76.2. The summed E-state index contributed by atoms with van der Waals surface area (Å²) in [5, 5.41) is 9.83. The van der Waals surface area contributed by atoms with Gasteiger partial charge in [0.2, 0.25) is 11.8 Å². The molecule has 96 heavy (non-hydrogen) atoms. The molecule has 3 aliphatic heterocycles. The Bertz CT molecular complexity index is 4570. The van der Waals surface area contributed by atoms with Crippen molar-refractivity contribution in [1.29, 1.82) is 0 Å². The minimum atomic E-state index is -1.39. The highest BCUT2D eigenvalue weighted by Gasteiger charge is 2.53. The number of hydrogen-bond donors (Lipinski definition) is 0. The Hall–Kier alpha value is -8.47. The number of halogens is 5. The molecule has 3 aliphatic rings. The molecule has 498 valence electrons. The van der Waals surface area contributed by atoms with Crippen LogP contribution in [0.3, 0.4) is 0 Å². The fraction of sp³-hybridized carbons (Fsp3) is 0.304. The molecule has 0 radical (unpaired) electrons. The summed E-state index contributed by atoms with van der Waals surface area (Å²) in [4.78, 5) is 96.8. The van der Waals surface area contributed by atoms with Gasteiger partial charge in [-0.15, -0.1) is 0 Å². The van der Waals surface area contributed by atoms with Crippen LogP contribution in [0.2, 0.25) is 0 Å². The zero-order valence-electron chi connectivity index (χ0n) is 52.3. The zero-order chi connectivity index (χ0) is 67.3. The lowest BCUT2D eigenvalue weighted by molar-refractivity contribution is -0.138. The van der Waals surface area contributed by atoms with E-state index >= 15 is 8.78 Å². The first-order valence-electron chi connectivity index (χ1n) is 29.9. The minimum absolute atomic E-state index is 0. The van der Waals surface area contributed by atoms with Gasteiger partial charge in [-0.2, -0.15) is 23.7 Å². The van der Waals surface area contributed by atoms with E-state index in [0.717, 1.165) is 15.5 Å². The Labute approximate surface area is 576 Å². The average Bonchev–Trinajstić information content (AvgIpc) is 1.70. The van der Waals surface area contributed by atoms with Crippen molar-refractivity contribution < 1.29 is 55.6 Å². The Balaban J connectivity index is 0.000000203. The standard InChI is InChI=1S/C31H25F2N5O3.C29H32BF2N3O5.C8H5BrN2.CH4.S2.H2S/c1-18(39)31-23-6-2-3-8-26(23)38(36-31)17-29(41)37-16-21(32)15-27(37)28(40)14-20-5-4-7-22(30(20)33)19-9-10-24-25(13-19)35-12-11-34-24;1-17(36)27-20-10-6-7-12-22(20)35(33-27)16-25(38)34-15-19(31)14-23(34)24(37)13-18-9-8-11-21(26(18)32)30-39-28(2,3)29(4,5)40-30;9-6-1-2-7-8(5-6)11-4-3-10-7;;1-2;/h2-13,21,27H,14-17H2,1H3;6-12,19,23H,13-16H2,1-5H3;1-5H;1H4;;1H2/t21-,27+;19-,23+;;;;/m11..../s1. The molecule has 2 amide bonds. The SMILES string of the molecule is Brc1ccc2nccnc2c1.C.CC(=O)c1nn(CC(=O)N2C[C@H](F)C[C@H]2C(=O)Cc2cccc(-c3ccc4nccnc4c3)c2F)c2ccccc12.CC(=O)c1nn(CC(=O)N2C[C@H](F)C[C@H]2C(=O)Cc2cccc(B3OC(C)(C)C(C)(C)O3)c2F)c2ccccc12.S.S=S. The molecule has 0 N–H and O–H groups in total. The summed E-state index contributed by atoms with van der Waals surface area (Å²) in [5.41, 5.74) is 4.79. The molecular weight excluding hydrogens is 1360 g/mol. The van der Waals surface area contributed by atoms with Gasteiger partial charge in [-0.1, -0.05) is 102 Å². The third-order valence-electron chi connectivity index (χ3n) is 17.1. The Kier molecular flexibility index (Phi) is 23.8. The van der Waals surface area contributed by atoms with E-state index in [2.05, 4.69) is 68.4 Å². The number of Topliss-reactive ketones (excluding diaryl/α,β-unsaturated/α-hetero) is 4.